The van der Waals surface area contributed by atoms with Crippen molar-refractivity contribution < 1.29 is 9.53 Å². The Morgan fingerprint density at radius 3 is 3.04 bits per heavy atom. The third kappa shape index (κ3) is 3.25. The van der Waals surface area contributed by atoms with Crippen molar-refractivity contribution in [2.45, 2.75) is 19.9 Å². The van der Waals surface area contributed by atoms with Crippen molar-refractivity contribution in [3.05, 3.63) is 41.0 Å². The summed E-state index contributed by atoms with van der Waals surface area (Å²) in [5.74, 6) is -0.157. The molecule has 0 aliphatic heterocycles. The van der Waals surface area contributed by atoms with E-state index in [2.05, 4.69) is 19.5 Å². The van der Waals surface area contributed by atoms with Crippen LogP contribution in [0.3, 0.4) is 0 Å². The van der Waals surface area contributed by atoms with E-state index in [0.29, 0.717) is 17.9 Å². The Morgan fingerprint density at radius 2 is 2.26 bits per heavy atom. The molecule has 6 nitrogen and oxygen atoms in total. The van der Waals surface area contributed by atoms with Crippen LogP contribution in [-0.2, 0) is 17.7 Å². The molecule has 1 N–H and O–H groups in total. The zero-order valence-electron chi connectivity index (χ0n) is 13.1. The van der Waals surface area contributed by atoms with Gasteiger partial charge in [0, 0.05) is 36.4 Å². The standard InChI is InChI=1S/C16H18N4O2S/c1-3-13-15(23-19-18-13)16(21)17-12-4-5-14-11(10-12)6-7-20(14)8-9-22-2/h4-7,10H,3,8-9H2,1-2H3,(H,17,21). The summed E-state index contributed by atoms with van der Waals surface area (Å²) in [6.07, 6.45) is 2.72. The summed E-state index contributed by atoms with van der Waals surface area (Å²) in [7, 11) is 1.69. The minimum absolute atomic E-state index is 0.157. The smallest absolute Gasteiger partial charge is 0.269 e. The number of methoxy groups -OCH3 is 1. The van der Waals surface area contributed by atoms with Crippen LogP contribution >= 0.6 is 11.5 Å². The molecule has 3 rings (SSSR count). The molecule has 0 bridgehead atoms. The van der Waals surface area contributed by atoms with E-state index in [0.717, 1.165) is 40.4 Å². The van der Waals surface area contributed by atoms with Gasteiger partial charge in [0.05, 0.1) is 12.3 Å². The second-order valence-electron chi connectivity index (χ2n) is 5.13. The predicted octanol–water partition coefficient (Wildman–Crippen LogP) is 2.95. The SMILES string of the molecule is CCc1nnsc1C(=O)Nc1ccc2c(ccn2CCOC)c1. The first-order valence-electron chi connectivity index (χ1n) is 7.43. The predicted molar refractivity (Wildman–Crippen MR) is 91.1 cm³/mol. The Morgan fingerprint density at radius 1 is 1.39 bits per heavy atom. The van der Waals surface area contributed by atoms with Gasteiger partial charge in [0.1, 0.15) is 4.88 Å². The topological polar surface area (TPSA) is 69.0 Å². The summed E-state index contributed by atoms with van der Waals surface area (Å²) >= 11 is 1.13. The van der Waals surface area contributed by atoms with Gasteiger partial charge >= 0.3 is 0 Å². The lowest BCUT2D eigenvalue weighted by molar-refractivity contribution is 0.102. The maximum atomic E-state index is 12.3. The quantitative estimate of drug-likeness (QED) is 0.754. The molecule has 2 aromatic heterocycles. The third-order valence-corrected chi connectivity index (χ3v) is 4.43. The lowest BCUT2D eigenvalue weighted by Crippen LogP contribution is -2.12. The Hall–Kier alpha value is -2.25. The molecule has 0 unspecified atom stereocenters. The number of ether oxygens (including phenoxy) is 1. The Balaban J connectivity index is 1.80. The number of nitrogens with zero attached hydrogens (tertiary/aromatic N) is 3. The van der Waals surface area contributed by atoms with Gasteiger partial charge in [-0.3, -0.25) is 4.79 Å². The number of amides is 1. The van der Waals surface area contributed by atoms with Crippen molar-refractivity contribution in [1.82, 2.24) is 14.2 Å². The van der Waals surface area contributed by atoms with Gasteiger partial charge in [-0.05, 0) is 42.2 Å². The number of carbonyl (C=O) groups is 1. The molecule has 0 fully saturated rings. The van der Waals surface area contributed by atoms with Crippen LogP contribution in [0.4, 0.5) is 5.69 Å². The van der Waals surface area contributed by atoms with Gasteiger partial charge in [0.2, 0.25) is 0 Å². The van der Waals surface area contributed by atoms with Crippen molar-refractivity contribution in [2.75, 3.05) is 19.0 Å². The molecule has 0 radical (unpaired) electrons. The number of nitrogens with one attached hydrogen (secondary N) is 1. The number of rotatable bonds is 6. The molecule has 1 aromatic carbocycles. The van der Waals surface area contributed by atoms with Gasteiger partial charge in [-0.1, -0.05) is 11.4 Å². The van der Waals surface area contributed by atoms with Gasteiger partial charge in [-0.15, -0.1) is 5.10 Å². The average Bonchev–Trinajstić information content (AvgIpc) is 3.19. The third-order valence-electron chi connectivity index (χ3n) is 3.66. The molecule has 0 aliphatic carbocycles. The van der Waals surface area contributed by atoms with Crippen molar-refractivity contribution >= 4 is 34.0 Å². The zero-order chi connectivity index (χ0) is 16.2. The number of benzene rings is 1. The van der Waals surface area contributed by atoms with E-state index in [-0.39, 0.29) is 5.91 Å². The van der Waals surface area contributed by atoms with E-state index < -0.39 is 0 Å². The first kappa shape index (κ1) is 15.6. The second kappa shape index (κ2) is 6.89. The lowest BCUT2D eigenvalue weighted by Gasteiger charge is -2.07. The van der Waals surface area contributed by atoms with Crippen molar-refractivity contribution in [2.24, 2.45) is 0 Å². The highest BCUT2D eigenvalue weighted by atomic mass is 32.1. The van der Waals surface area contributed by atoms with Crippen LogP contribution in [0.2, 0.25) is 0 Å². The van der Waals surface area contributed by atoms with Crippen LogP contribution < -0.4 is 5.32 Å². The fraction of sp³-hybridized carbons (Fsp3) is 0.312. The number of aromatic nitrogens is 3. The van der Waals surface area contributed by atoms with Crippen molar-refractivity contribution in [3.63, 3.8) is 0 Å². The largest absolute Gasteiger partial charge is 0.383 e. The van der Waals surface area contributed by atoms with E-state index in [1.54, 1.807) is 7.11 Å². The molecule has 7 heteroatoms. The summed E-state index contributed by atoms with van der Waals surface area (Å²) in [4.78, 5) is 12.9. The Bertz CT molecular complexity index is 824. The van der Waals surface area contributed by atoms with Crippen LogP contribution in [0.1, 0.15) is 22.3 Å². The Labute approximate surface area is 138 Å². The summed E-state index contributed by atoms with van der Waals surface area (Å²) in [5.41, 5.74) is 2.62. The zero-order valence-corrected chi connectivity index (χ0v) is 13.9. The first-order chi connectivity index (χ1) is 11.2. The minimum atomic E-state index is -0.157. The number of fused-ring (bicyclic) bond motifs is 1. The van der Waals surface area contributed by atoms with Crippen molar-refractivity contribution in [3.8, 4) is 0 Å². The summed E-state index contributed by atoms with van der Waals surface area (Å²) in [6.45, 7) is 3.43. The lowest BCUT2D eigenvalue weighted by atomic mass is 10.2. The van der Waals surface area contributed by atoms with E-state index in [9.17, 15) is 4.79 Å². The van der Waals surface area contributed by atoms with Gasteiger partial charge in [-0.2, -0.15) is 0 Å². The molecule has 1 amide bonds. The van der Waals surface area contributed by atoms with Crippen LogP contribution in [0, 0.1) is 0 Å². The van der Waals surface area contributed by atoms with Crippen LogP contribution in [0.15, 0.2) is 30.5 Å². The molecular weight excluding hydrogens is 312 g/mol. The first-order valence-corrected chi connectivity index (χ1v) is 8.20. The highest BCUT2D eigenvalue weighted by Crippen LogP contribution is 2.22. The van der Waals surface area contributed by atoms with Crippen molar-refractivity contribution in [1.29, 1.82) is 0 Å². The highest BCUT2D eigenvalue weighted by molar-refractivity contribution is 7.08. The molecule has 0 spiro atoms. The summed E-state index contributed by atoms with van der Waals surface area (Å²) in [6, 6.07) is 7.92. The molecule has 23 heavy (non-hydrogen) atoms. The normalized spacial score (nSPS) is 11.0. The molecular formula is C16H18N4O2S. The van der Waals surface area contributed by atoms with Gasteiger partial charge < -0.3 is 14.6 Å². The highest BCUT2D eigenvalue weighted by Gasteiger charge is 2.15. The van der Waals surface area contributed by atoms with Crippen LogP contribution in [-0.4, -0.2) is 33.8 Å². The molecule has 0 aliphatic rings. The second-order valence-corrected chi connectivity index (χ2v) is 5.89. The fourth-order valence-corrected chi connectivity index (χ4v) is 3.11. The fourth-order valence-electron chi connectivity index (χ4n) is 2.46. The van der Waals surface area contributed by atoms with E-state index in [1.165, 1.54) is 0 Å². The van der Waals surface area contributed by atoms with Gasteiger partial charge in [0.15, 0.2) is 0 Å². The van der Waals surface area contributed by atoms with Crippen LogP contribution in [0.25, 0.3) is 10.9 Å². The average molecular weight is 330 g/mol. The maximum absolute atomic E-state index is 12.3. The maximum Gasteiger partial charge on any atom is 0.269 e. The van der Waals surface area contributed by atoms with E-state index in [1.807, 2.05) is 37.4 Å². The number of aryl methyl sites for hydroxylation is 1. The molecule has 3 aromatic rings. The monoisotopic (exact) mass is 330 g/mol. The molecule has 0 saturated heterocycles. The summed E-state index contributed by atoms with van der Waals surface area (Å²) in [5, 5.41) is 7.97. The number of hydrogen-bond acceptors (Lipinski definition) is 5. The number of hydrogen-bond donors (Lipinski definition) is 1. The number of anilines is 1. The van der Waals surface area contributed by atoms with E-state index in [4.69, 9.17) is 4.74 Å². The molecule has 0 atom stereocenters. The van der Waals surface area contributed by atoms with Gasteiger partial charge in [-0.25, -0.2) is 0 Å². The van der Waals surface area contributed by atoms with Gasteiger partial charge in [0.25, 0.3) is 5.91 Å². The molecule has 2 heterocycles. The Kier molecular flexibility index (Phi) is 4.68. The number of carbonyl (C=O) groups excluding carboxylic acids is 1. The molecule has 120 valence electrons. The molecule has 0 saturated carbocycles. The minimum Gasteiger partial charge on any atom is -0.383 e. The summed E-state index contributed by atoms with van der Waals surface area (Å²) < 4.78 is 11.1. The van der Waals surface area contributed by atoms with E-state index >= 15 is 0 Å². The van der Waals surface area contributed by atoms with Crippen LogP contribution in [0.5, 0.6) is 0 Å².